The summed E-state index contributed by atoms with van der Waals surface area (Å²) in [6.45, 7) is 3.74. The summed E-state index contributed by atoms with van der Waals surface area (Å²) in [5.41, 5.74) is 0.326. The zero-order valence-corrected chi connectivity index (χ0v) is 13.2. The van der Waals surface area contributed by atoms with Gasteiger partial charge in [0.2, 0.25) is 0 Å². The molecule has 0 aliphatic rings. The van der Waals surface area contributed by atoms with Crippen molar-refractivity contribution in [2.24, 2.45) is 0 Å². The second-order valence-electron chi connectivity index (χ2n) is 4.47. The molecule has 0 saturated carbocycles. The number of rotatable bonds is 6. The van der Waals surface area contributed by atoms with Gasteiger partial charge in [-0.15, -0.1) is 6.58 Å². The molecular formula is C14H15ClN4O2S. The first-order chi connectivity index (χ1) is 10.6. The number of aromatic nitrogens is 3. The number of hydrogen-bond donors (Lipinski definition) is 3. The number of aliphatic hydroxyl groups excluding tert-OH is 1. The quantitative estimate of drug-likeness (QED) is 0.557. The number of nitrogens with one attached hydrogen (secondary N) is 2. The van der Waals surface area contributed by atoms with Crippen LogP contribution < -0.4 is 5.32 Å². The van der Waals surface area contributed by atoms with Crippen LogP contribution in [0.4, 0.5) is 0 Å². The highest BCUT2D eigenvalue weighted by atomic mass is 35.5. The van der Waals surface area contributed by atoms with Crippen LogP contribution in [0.5, 0.6) is 0 Å². The Morgan fingerprint density at radius 1 is 1.59 bits per heavy atom. The first-order valence-corrected chi connectivity index (χ1v) is 7.29. The summed E-state index contributed by atoms with van der Waals surface area (Å²) in [5.74, 6) is 0.0246. The third-order valence-corrected chi connectivity index (χ3v) is 3.66. The molecule has 8 heteroatoms. The highest BCUT2D eigenvalue weighted by Crippen LogP contribution is 2.17. The SMILES string of the molecule is C=CCn1c([C@@H](CO)NC(=O)c2ccccc2Cl)n[nH]c1=S. The summed E-state index contributed by atoms with van der Waals surface area (Å²) in [6, 6.07) is 5.96. The van der Waals surface area contributed by atoms with E-state index in [4.69, 9.17) is 23.8 Å². The molecule has 0 fully saturated rings. The van der Waals surface area contributed by atoms with Gasteiger partial charge in [0.25, 0.3) is 5.91 Å². The van der Waals surface area contributed by atoms with E-state index in [-0.39, 0.29) is 6.61 Å². The van der Waals surface area contributed by atoms with Crippen LogP contribution in [-0.2, 0) is 6.54 Å². The molecule has 0 radical (unpaired) electrons. The van der Waals surface area contributed by atoms with Gasteiger partial charge in [0.15, 0.2) is 10.6 Å². The van der Waals surface area contributed by atoms with Crippen molar-refractivity contribution in [1.82, 2.24) is 20.1 Å². The van der Waals surface area contributed by atoms with E-state index in [0.717, 1.165) is 0 Å². The van der Waals surface area contributed by atoms with Crippen LogP contribution in [0.15, 0.2) is 36.9 Å². The first-order valence-electron chi connectivity index (χ1n) is 6.50. The second kappa shape index (κ2) is 7.35. The number of nitrogens with zero attached hydrogens (tertiary/aromatic N) is 2. The normalized spacial score (nSPS) is 11.9. The molecule has 0 spiro atoms. The van der Waals surface area contributed by atoms with Gasteiger partial charge in [-0.1, -0.05) is 29.8 Å². The summed E-state index contributed by atoms with van der Waals surface area (Å²) in [4.78, 5) is 12.3. The molecule has 116 valence electrons. The monoisotopic (exact) mass is 338 g/mol. The van der Waals surface area contributed by atoms with E-state index in [2.05, 4.69) is 22.1 Å². The topological polar surface area (TPSA) is 82.9 Å². The van der Waals surface area contributed by atoms with Crippen molar-refractivity contribution in [3.63, 3.8) is 0 Å². The number of aromatic amines is 1. The first kappa shape index (κ1) is 16.4. The van der Waals surface area contributed by atoms with Crippen LogP contribution in [0.3, 0.4) is 0 Å². The highest BCUT2D eigenvalue weighted by Gasteiger charge is 2.21. The molecule has 1 aromatic heterocycles. The number of allylic oxidation sites excluding steroid dienone is 1. The summed E-state index contributed by atoms with van der Waals surface area (Å²) < 4.78 is 2.04. The van der Waals surface area contributed by atoms with Crippen LogP contribution in [-0.4, -0.2) is 32.4 Å². The maximum absolute atomic E-state index is 12.3. The van der Waals surface area contributed by atoms with E-state index in [1.807, 2.05) is 0 Å². The molecule has 0 unspecified atom stereocenters. The maximum Gasteiger partial charge on any atom is 0.253 e. The Labute approximate surface area is 137 Å². The predicted molar refractivity (Wildman–Crippen MR) is 86.4 cm³/mol. The van der Waals surface area contributed by atoms with E-state index in [1.54, 1.807) is 34.9 Å². The number of amides is 1. The van der Waals surface area contributed by atoms with Crippen molar-refractivity contribution in [3.05, 3.63) is 58.1 Å². The van der Waals surface area contributed by atoms with Gasteiger partial charge in [-0.25, -0.2) is 0 Å². The average molecular weight is 339 g/mol. The molecule has 1 amide bonds. The second-order valence-corrected chi connectivity index (χ2v) is 5.27. The van der Waals surface area contributed by atoms with Crippen LogP contribution in [0.2, 0.25) is 5.02 Å². The molecule has 22 heavy (non-hydrogen) atoms. The predicted octanol–water partition coefficient (Wildman–Crippen LogP) is 2.24. The molecule has 6 nitrogen and oxygen atoms in total. The average Bonchev–Trinajstić information content (AvgIpc) is 2.87. The van der Waals surface area contributed by atoms with Gasteiger partial charge in [-0.3, -0.25) is 14.5 Å². The maximum atomic E-state index is 12.3. The molecule has 3 N–H and O–H groups in total. The van der Waals surface area contributed by atoms with Gasteiger partial charge in [0.1, 0.15) is 6.04 Å². The fourth-order valence-electron chi connectivity index (χ4n) is 1.97. The molecular weight excluding hydrogens is 324 g/mol. The van der Waals surface area contributed by atoms with Gasteiger partial charge in [0, 0.05) is 6.54 Å². The minimum atomic E-state index is -0.711. The van der Waals surface area contributed by atoms with E-state index >= 15 is 0 Å². The zero-order chi connectivity index (χ0) is 16.1. The smallest absolute Gasteiger partial charge is 0.253 e. The number of aliphatic hydroxyl groups is 1. The van der Waals surface area contributed by atoms with Crippen LogP contribution in [0, 0.1) is 4.77 Å². The van der Waals surface area contributed by atoms with Crippen molar-refractivity contribution in [2.45, 2.75) is 12.6 Å². The minimum Gasteiger partial charge on any atom is -0.394 e. The summed E-state index contributed by atoms with van der Waals surface area (Å²) in [7, 11) is 0. The molecule has 2 aromatic rings. The van der Waals surface area contributed by atoms with E-state index in [0.29, 0.717) is 27.7 Å². The van der Waals surface area contributed by atoms with Gasteiger partial charge in [-0.05, 0) is 24.4 Å². The van der Waals surface area contributed by atoms with Crippen LogP contribution >= 0.6 is 23.8 Å². The van der Waals surface area contributed by atoms with E-state index < -0.39 is 11.9 Å². The molecule has 0 aliphatic heterocycles. The Hall–Kier alpha value is -1.96. The Balaban J connectivity index is 2.27. The number of carbonyl (C=O) groups is 1. The van der Waals surface area contributed by atoms with Crippen molar-refractivity contribution in [2.75, 3.05) is 6.61 Å². The van der Waals surface area contributed by atoms with E-state index in [1.165, 1.54) is 0 Å². The highest BCUT2D eigenvalue weighted by molar-refractivity contribution is 7.71. The molecule has 1 aromatic carbocycles. The minimum absolute atomic E-state index is 0.326. The molecule has 0 aliphatic carbocycles. The molecule has 0 bridgehead atoms. The van der Waals surface area contributed by atoms with Gasteiger partial charge in [-0.2, -0.15) is 5.10 Å². The molecule has 2 rings (SSSR count). The number of halogens is 1. The third kappa shape index (κ3) is 3.44. The standard InChI is InChI=1S/C14H15ClN4O2S/c1-2-7-19-12(17-18-14(19)22)11(8-20)16-13(21)9-5-3-4-6-10(9)15/h2-6,11,20H,1,7-8H2,(H,16,21)(H,18,22)/t11-/m1/s1. The van der Waals surface area contributed by atoms with Crippen molar-refractivity contribution in [1.29, 1.82) is 0 Å². The Morgan fingerprint density at radius 3 is 2.95 bits per heavy atom. The van der Waals surface area contributed by atoms with Gasteiger partial charge < -0.3 is 10.4 Å². The zero-order valence-electron chi connectivity index (χ0n) is 11.6. The number of benzene rings is 1. The molecule has 1 heterocycles. The number of carbonyl (C=O) groups excluding carboxylic acids is 1. The van der Waals surface area contributed by atoms with Crippen molar-refractivity contribution >= 4 is 29.7 Å². The van der Waals surface area contributed by atoms with Crippen LogP contribution in [0.25, 0.3) is 0 Å². The molecule has 0 saturated heterocycles. The summed E-state index contributed by atoms with van der Waals surface area (Å²) in [5, 5.41) is 19.3. The lowest BCUT2D eigenvalue weighted by Crippen LogP contribution is -2.33. The summed E-state index contributed by atoms with van der Waals surface area (Å²) >= 11 is 11.1. The third-order valence-electron chi connectivity index (χ3n) is 3.02. The number of hydrogen-bond acceptors (Lipinski definition) is 4. The Bertz CT molecular complexity index is 740. The van der Waals surface area contributed by atoms with Crippen LogP contribution in [0.1, 0.15) is 22.2 Å². The van der Waals surface area contributed by atoms with Crippen molar-refractivity contribution < 1.29 is 9.90 Å². The Kier molecular flexibility index (Phi) is 5.48. The fraction of sp³-hybridized carbons (Fsp3) is 0.214. The lowest BCUT2D eigenvalue weighted by molar-refractivity contribution is 0.0912. The lowest BCUT2D eigenvalue weighted by atomic mass is 10.2. The van der Waals surface area contributed by atoms with E-state index in [9.17, 15) is 9.90 Å². The van der Waals surface area contributed by atoms with Gasteiger partial charge in [0.05, 0.1) is 17.2 Å². The lowest BCUT2D eigenvalue weighted by Gasteiger charge is -2.16. The van der Waals surface area contributed by atoms with Crippen molar-refractivity contribution in [3.8, 4) is 0 Å². The largest absolute Gasteiger partial charge is 0.394 e. The Morgan fingerprint density at radius 2 is 2.32 bits per heavy atom. The fourth-order valence-corrected chi connectivity index (χ4v) is 2.41. The van der Waals surface area contributed by atoms with Gasteiger partial charge >= 0.3 is 0 Å². The summed E-state index contributed by atoms with van der Waals surface area (Å²) in [6.07, 6.45) is 1.65. The number of H-pyrrole nitrogens is 1. The molecule has 1 atom stereocenters.